The topological polar surface area (TPSA) is 49.3 Å². The number of aryl methyl sites for hydroxylation is 1. The van der Waals surface area contributed by atoms with Crippen molar-refractivity contribution in [3.8, 4) is 5.75 Å². The van der Waals surface area contributed by atoms with Gasteiger partial charge in [-0.15, -0.1) is 11.8 Å². The third-order valence-corrected chi connectivity index (χ3v) is 4.72. The average molecular weight is 285 g/mol. The maximum atomic E-state index is 12.3. The lowest BCUT2D eigenvalue weighted by atomic mass is 10.1. The lowest BCUT2D eigenvalue weighted by Gasteiger charge is -2.12. The van der Waals surface area contributed by atoms with E-state index in [4.69, 9.17) is 0 Å². The highest BCUT2D eigenvalue weighted by atomic mass is 32.2. The minimum atomic E-state index is -0.0828. The molecule has 3 rings (SSSR count). The van der Waals surface area contributed by atoms with Crippen LogP contribution in [0.2, 0.25) is 0 Å². The molecule has 0 fully saturated rings. The number of anilines is 1. The summed E-state index contributed by atoms with van der Waals surface area (Å²) in [5, 5.41) is 12.2. The van der Waals surface area contributed by atoms with Gasteiger partial charge in [0.2, 0.25) is 5.91 Å². The molecule has 2 N–H and O–H groups in total. The van der Waals surface area contributed by atoms with Crippen molar-refractivity contribution in [3.05, 3.63) is 53.6 Å². The highest BCUT2D eigenvalue weighted by Crippen LogP contribution is 2.37. The van der Waals surface area contributed by atoms with Crippen LogP contribution in [0.5, 0.6) is 5.75 Å². The second-order valence-electron chi connectivity index (χ2n) is 4.91. The molecule has 0 spiro atoms. The molecule has 1 unspecified atom stereocenters. The fraction of sp³-hybridized carbons (Fsp3) is 0.188. The second-order valence-corrected chi connectivity index (χ2v) is 6.15. The van der Waals surface area contributed by atoms with Crippen LogP contribution in [0.1, 0.15) is 11.1 Å². The molecule has 3 nitrogen and oxygen atoms in total. The summed E-state index contributed by atoms with van der Waals surface area (Å²) in [6.45, 7) is 1.87. The first kappa shape index (κ1) is 13.1. The molecule has 1 aliphatic rings. The lowest BCUT2D eigenvalue weighted by Crippen LogP contribution is -2.25. The number of hydrogen-bond acceptors (Lipinski definition) is 3. The van der Waals surface area contributed by atoms with Crippen molar-refractivity contribution in [1.29, 1.82) is 0 Å². The van der Waals surface area contributed by atoms with E-state index in [0.29, 0.717) is 0 Å². The van der Waals surface area contributed by atoms with Crippen LogP contribution in [0, 0.1) is 6.92 Å². The summed E-state index contributed by atoms with van der Waals surface area (Å²) in [4.78, 5) is 13.5. The van der Waals surface area contributed by atoms with E-state index in [2.05, 4.69) is 17.4 Å². The zero-order valence-corrected chi connectivity index (χ0v) is 11.9. The van der Waals surface area contributed by atoms with Crippen LogP contribution in [0.4, 0.5) is 5.69 Å². The summed E-state index contributed by atoms with van der Waals surface area (Å²) in [6.07, 6.45) is 0.768. The fourth-order valence-corrected chi connectivity index (χ4v) is 3.52. The summed E-state index contributed by atoms with van der Waals surface area (Å²) >= 11 is 1.61. The molecule has 20 heavy (non-hydrogen) atoms. The first-order valence-electron chi connectivity index (χ1n) is 6.48. The number of phenolic OH excluding ortho intramolecular Hbond substituents is 1. The molecule has 0 aromatic heterocycles. The van der Waals surface area contributed by atoms with Gasteiger partial charge in [0.25, 0.3) is 0 Å². The van der Waals surface area contributed by atoms with Crippen molar-refractivity contribution in [2.24, 2.45) is 0 Å². The Morgan fingerprint density at radius 3 is 2.85 bits per heavy atom. The van der Waals surface area contributed by atoms with Gasteiger partial charge in [0, 0.05) is 10.6 Å². The number of aromatic hydroxyl groups is 1. The number of carbonyl (C=O) groups is 1. The third kappa shape index (κ3) is 2.51. The molecule has 102 valence electrons. The van der Waals surface area contributed by atoms with Crippen LogP contribution in [0.3, 0.4) is 0 Å². The van der Waals surface area contributed by atoms with Gasteiger partial charge in [0.1, 0.15) is 5.75 Å². The van der Waals surface area contributed by atoms with E-state index in [1.807, 2.05) is 19.1 Å². The Morgan fingerprint density at radius 2 is 2.10 bits per heavy atom. The van der Waals surface area contributed by atoms with E-state index >= 15 is 0 Å². The predicted octanol–water partition coefficient (Wildman–Crippen LogP) is 3.36. The molecule has 1 atom stereocenters. The van der Waals surface area contributed by atoms with Crippen molar-refractivity contribution in [3.63, 3.8) is 0 Å². The molecule has 1 amide bonds. The Balaban J connectivity index is 1.72. The van der Waals surface area contributed by atoms with Crippen LogP contribution in [-0.2, 0) is 11.2 Å². The summed E-state index contributed by atoms with van der Waals surface area (Å²) in [5.41, 5.74) is 2.85. The van der Waals surface area contributed by atoms with Gasteiger partial charge in [-0.3, -0.25) is 4.79 Å². The highest BCUT2D eigenvalue weighted by molar-refractivity contribution is 8.01. The molecular weight excluding hydrogens is 270 g/mol. The largest absolute Gasteiger partial charge is 0.508 e. The number of amides is 1. The summed E-state index contributed by atoms with van der Waals surface area (Å²) in [7, 11) is 0. The maximum Gasteiger partial charge on any atom is 0.238 e. The Kier molecular flexibility index (Phi) is 3.40. The molecule has 1 heterocycles. The van der Waals surface area contributed by atoms with Gasteiger partial charge in [0.15, 0.2) is 0 Å². The smallest absolute Gasteiger partial charge is 0.238 e. The molecular formula is C16H15NO2S. The molecule has 2 aromatic carbocycles. The summed E-state index contributed by atoms with van der Waals surface area (Å²) in [6, 6.07) is 13.1. The number of rotatable bonds is 2. The van der Waals surface area contributed by atoms with Gasteiger partial charge < -0.3 is 10.4 Å². The van der Waals surface area contributed by atoms with E-state index in [1.165, 1.54) is 10.5 Å². The highest BCUT2D eigenvalue weighted by Gasteiger charge is 2.28. The molecule has 0 bridgehead atoms. The molecule has 2 aromatic rings. The minimum absolute atomic E-state index is 0.0139. The van der Waals surface area contributed by atoms with E-state index in [-0.39, 0.29) is 16.9 Å². The first-order valence-corrected chi connectivity index (χ1v) is 7.36. The van der Waals surface area contributed by atoms with Crippen molar-refractivity contribution in [2.75, 3.05) is 5.32 Å². The zero-order chi connectivity index (χ0) is 14.1. The standard InChI is InChI=1S/C16H15NO2S/c1-10-8-12(18)6-7-13(10)17-16(19)15-9-11-4-2-3-5-14(11)20-15/h2-8,15,18H,9H2,1H3,(H,17,19). The number of benzene rings is 2. The van der Waals surface area contributed by atoms with Crippen LogP contribution in [0.25, 0.3) is 0 Å². The van der Waals surface area contributed by atoms with Crippen LogP contribution < -0.4 is 5.32 Å². The number of carbonyl (C=O) groups excluding carboxylic acids is 1. The van der Waals surface area contributed by atoms with Gasteiger partial charge >= 0.3 is 0 Å². The van der Waals surface area contributed by atoms with Gasteiger partial charge in [-0.1, -0.05) is 18.2 Å². The van der Waals surface area contributed by atoms with E-state index < -0.39 is 0 Å². The quantitative estimate of drug-likeness (QED) is 0.832. The van der Waals surface area contributed by atoms with E-state index in [1.54, 1.807) is 30.0 Å². The number of fused-ring (bicyclic) bond motifs is 1. The average Bonchev–Trinajstić information content (AvgIpc) is 2.86. The van der Waals surface area contributed by atoms with Gasteiger partial charge in [-0.2, -0.15) is 0 Å². The van der Waals surface area contributed by atoms with Crippen LogP contribution >= 0.6 is 11.8 Å². The summed E-state index contributed by atoms with van der Waals surface area (Å²) in [5.74, 6) is 0.225. The van der Waals surface area contributed by atoms with Crippen molar-refractivity contribution in [2.45, 2.75) is 23.5 Å². The third-order valence-electron chi connectivity index (χ3n) is 3.41. The maximum absolute atomic E-state index is 12.3. The number of thioether (sulfide) groups is 1. The fourth-order valence-electron chi connectivity index (χ4n) is 2.33. The summed E-state index contributed by atoms with van der Waals surface area (Å²) < 4.78 is 0. The van der Waals surface area contributed by atoms with Gasteiger partial charge in [-0.05, 0) is 48.7 Å². The SMILES string of the molecule is Cc1cc(O)ccc1NC(=O)C1Cc2ccccc2S1. The zero-order valence-electron chi connectivity index (χ0n) is 11.1. The number of phenols is 1. The molecule has 0 saturated heterocycles. The van der Waals surface area contributed by atoms with Crippen molar-refractivity contribution in [1.82, 2.24) is 0 Å². The number of nitrogens with one attached hydrogen (secondary N) is 1. The molecule has 0 saturated carbocycles. The Bertz CT molecular complexity index is 644. The van der Waals surface area contributed by atoms with Crippen LogP contribution in [0.15, 0.2) is 47.4 Å². The molecule has 1 aliphatic heterocycles. The normalized spacial score (nSPS) is 16.8. The Hall–Kier alpha value is -1.94. The Morgan fingerprint density at radius 1 is 1.30 bits per heavy atom. The van der Waals surface area contributed by atoms with Crippen molar-refractivity contribution < 1.29 is 9.90 Å². The van der Waals surface area contributed by atoms with Gasteiger partial charge in [-0.25, -0.2) is 0 Å². The van der Waals surface area contributed by atoms with E-state index in [9.17, 15) is 9.90 Å². The monoisotopic (exact) mass is 285 g/mol. The molecule has 4 heteroatoms. The van der Waals surface area contributed by atoms with Crippen molar-refractivity contribution >= 4 is 23.4 Å². The minimum Gasteiger partial charge on any atom is -0.508 e. The van der Waals surface area contributed by atoms with Crippen LogP contribution in [-0.4, -0.2) is 16.3 Å². The number of hydrogen-bond donors (Lipinski definition) is 2. The van der Waals surface area contributed by atoms with Gasteiger partial charge in [0.05, 0.1) is 5.25 Å². The first-order chi connectivity index (χ1) is 9.63. The lowest BCUT2D eigenvalue weighted by molar-refractivity contribution is -0.115. The Labute approximate surface area is 122 Å². The van der Waals surface area contributed by atoms with E-state index in [0.717, 1.165) is 17.7 Å². The molecule has 0 aliphatic carbocycles. The predicted molar refractivity (Wildman–Crippen MR) is 81.3 cm³/mol. The second kappa shape index (κ2) is 5.21. The molecule has 0 radical (unpaired) electrons.